The minimum atomic E-state index is -1.11. The Morgan fingerprint density at radius 3 is 1.47 bits per heavy atom. The van der Waals surface area contributed by atoms with E-state index in [4.69, 9.17) is 16.2 Å². The molecule has 7 N–H and O–H groups in total. The molecule has 0 aromatic heterocycles. The van der Waals surface area contributed by atoms with E-state index in [1.807, 2.05) is 98.8 Å². The van der Waals surface area contributed by atoms with Crippen LogP contribution in [0.4, 0.5) is 0 Å². The number of nitrogens with one attached hydrogen (secondary N) is 3. The first kappa shape index (κ1) is 36.4. The molecule has 0 aliphatic rings. The van der Waals surface area contributed by atoms with Gasteiger partial charge in [0.2, 0.25) is 23.6 Å². The summed E-state index contributed by atoms with van der Waals surface area (Å²) in [7, 11) is 0. The molecule has 0 fully saturated rings. The molecule has 256 valence electrons. The summed E-state index contributed by atoms with van der Waals surface area (Å²) < 4.78 is 5.55. The van der Waals surface area contributed by atoms with Crippen molar-refractivity contribution in [3.63, 3.8) is 0 Å². The van der Waals surface area contributed by atoms with Gasteiger partial charge in [0.05, 0.1) is 12.6 Å². The summed E-state index contributed by atoms with van der Waals surface area (Å²) in [6, 6.07) is 29.3. The van der Waals surface area contributed by atoms with Crippen molar-refractivity contribution in [2.45, 2.75) is 63.7 Å². The number of hydrogen-bond donors (Lipinski definition) is 5. The lowest BCUT2D eigenvalue weighted by Crippen LogP contribution is -2.58. The Balaban J connectivity index is 1.56. The lowest BCUT2D eigenvalue weighted by atomic mass is 10.00. The van der Waals surface area contributed by atoms with Crippen LogP contribution >= 0.6 is 0 Å². The molecule has 4 unspecified atom stereocenters. The zero-order valence-electron chi connectivity index (χ0n) is 27.9. The third-order valence-corrected chi connectivity index (χ3v) is 8.08. The lowest BCUT2D eigenvalue weighted by molar-refractivity contribution is -0.133. The first-order valence-corrected chi connectivity index (χ1v) is 16.4. The van der Waals surface area contributed by atoms with Gasteiger partial charge in [-0.1, -0.05) is 103 Å². The number of carbonyl (C=O) groups excluding carboxylic acids is 4. The van der Waals surface area contributed by atoms with E-state index >= 15 is 0 Å². The average Bonchev–Trinajstić information content (AvgIpc) is 3.10. The Morgan fingerprint density at radius 1 is 0.571 bits per heavy atom. The quantitative estimate of drug-likeness (QED) is 0.117. The van der Waals surface area contributed by atoms with Crippen molar-refractivity contribution in [3.8, 4) is 5.75 Å². The van der Waals surface area contributed by atoms with Gasteiger partial charge < -0.3 is 32.2 Å². The molecule has 4 rings (SSSR count). The highest BCUT2D eigenvalue weighted by Crippen LogP contribution is 2.15. The number of benzene rings is 4. The maximum atomic E-state index is 14.0. The van der Waals surface area contributed by atoms with Crippen molar-refractivity contribution in [1.82, 2.24) is 16.0 Å². The van der Waals surface area contributed by atoms with Gasteiger partial charge in [-0.25, -0.2) is 0 Å². The monoisotopic (exact) mass is 663 g/mol. The van der Waals surface area contributed by atoms with Gasteiger partial charge in [0.25, 0.3) is 0 Å². The molecule has 4 atom stereocenters. The van der Waals surface area contributed by atoms with Crippen molar-refractivity contribution in [2.24, 2.45) is 11.5 Å². The molecule has 49 heavy (non-hydrogen) atoms. The first-order valence-electron chi connectivity index (χ1n) is 16.4. The predicted octanol–water partition coefficient (Wildman–Crippen LogP) is 2.93. The van der Waals surface area contributed by atoms with Crippen LogP contribution in [0.5, 0.6) is 5.75 Å². The van der Waals surface area contributed by atoms with Gasteiger partial charge in [-0.3, -0.25) is 19.2 Å². The molecule has 4 amide bonds. The zero-order valence-corrected chi connectivity index (χ0v) is 27.9. The largest absolute Gasteiger partial charge is 0.494 e. The van der Waals surface area contributed by atoms with Crippen LogP contribution in [0.3, 0.4) is 0 Å². The van der Waals surface area contributed by atoms with E-state index in [9.17, 15) is 19.2 Å². The third kappa shape index (κ3) is 11.6. The van der Waals surface area contributed by atoms with Crippen LogP contribution < -0.4 is 32.2 Å². The highest BCUT2D eigenvalue weighted by molar-refractivity contribution is 5.95. The summed E-state index contributed by atoms with van der Waals surface area (Å²) in [5.74, 6) is -1.71. The number of aryl methyl sites for hydroxylation is 1. The summed E-state index contributed by atoms with van der Waals surface area (Å²) in [5, 5.41) is 8.41. The molecule has 0 spiro atoms. The van der Waals surface area contributed by atoms with Crippen LogP contribution in [0.25, 0.3) is 0 Å². The summed E-state index contributed by atoms with van der Waals surface area (Å²) in [4.78, 5) is 53.6. The molecular formula is C39H45N5O5. The Bertz CT molecular complexity index is 1660. The van der Waals surface area contributed by atoms with Crippen molar-refractivity contribution >= 4 is 23.6 Å². The number of rotatable bonds is 17. The smallest absolute Gasteiger partial charge is 0.243 e. The van der Waals surface area contributed by atoms with Gasteiger partial charge in [-0.05, 0) is 54.7 Å². The maximum Gasteiger partial charge on any atom is 0.243 e. The minimum absolute atomic E-state index is 0.0967. The van der Waals surface area contributed by atoms with Crippen LogP contribution in [-0.2, 0) is 44.9 Å². The van der Waals surface area contributed by atoms with E-state index in [-0.39, 0.29) is 25.7 Å². The van der Waals surface area contributed by atoms with Crippen molar-refractivity contribution in [3.05, 3.63) is 137 Å². The first-order chi connectivity index (χ1) is 23.6. The van der Waals surface area contributed by atoms with Crippen LogP contribution in [-0.4, -0.2) is 54.4 Å². The van der Waals surface area contributed by atoms with Gasteiger partial charge >= 0.3 is 0 Å². The molecule has 4 aromatic carbocycles. The standard InChI is InChI=1S/C39H45N5O5/c1-3-49-31-20-18-30(19-21-31)25-35(38(47)42-33(36(41)45)23-29-16-14-26(2)15-17-29)44-39(48)34(24-28-12-8-5-9-13-28)43-37(46)32(40)22-27-10-6-4-7-11-27/h4-21,32-35H,3,22-25,40H2,1-2H3,(H2,41,45)(H,42,47)(H,43,46)(H,44,48). The Hall–Kier alpha value is -5.48. The fraction of sp³-hybridized carbons (Fsp3) is 0.282. The van der Waals surface area contributed by atoms with E-state index in [2.05, 4.69) is 16.0 Å². The fourth-order valence-corrected chi connectivity index (χ4v) is 5.36. The summed E-state index contributed by atoms with van der Waals surface area (Å²) in [6.07, 6.45) is 0.715. The summed E-state index contributed by atoms with van der Waals surface area (Å²) in [6.45, 7) is 4.34. The molecule has 4 aromatic rings. The molecule has 0 radical (unpaired) electrons. The Morgan fingerprint density at radius 2 is 0.980 bits per heavy atom. The number of ether oxygens (including phenoxy) is 1. The molecule has 0 aliphatic heterocycles. The Kier molecular flexibility index (Phi) is 13.5. The minimum Gasteiger partial charge on any atom is -0.494 e. The molecule has 0 aliphatic carbocycles. The van der Waals surface area contributed by atoms with Crippen molar-refractivity contribution in [2.75, 3.05) is 6.61 Å². The van der Waals surface area contributed by atoms with E-state index in [0.29, 0.717) is 12.4 Å². The van der Waals surface area contributed by atoms with E-state index in [0.717, 1.165) is 27.8 Å². The SMILES string of the molecule is CCOc1ccc(CC(NC(=O)C(Cc2ccccc2)NC(=O)C(N)Cc2ccccc2)C(=O)NC(Cc2ccc(C)cc2)C(N)=O)cc1. The molecular weight excluding hydrogens is 618 g/mol. The van der Waals surface area contributed by atoms with E-state index < -0.39 is 47.8 Å². The second kappa shape index (κ2) is 18.2. The van der Waals surface area contributed by atoms with Gasteiger partial charge in [0.15, 0.2) is 0 Å². The van der Waals surface area contributed by atoms with Crippen molar-refractivity contribution in [1.29, 1.82) is 0 Å². The van der Waals surface area contributed by atoms with Gasteiger partial charge in [0.1, 0.15) is 23.9 Å². The highest BCUT2D eigenvalue weighted by Gasteiger charge is 2.30. The highest BCUT2D eigenvalue weighted by atomic mass is 16.5. The van der Waals surface area contributed by atoms with Gasteiger partial charge in [-0.2, -0.15) is 0 Å². The van der Waals surface area contributed by atoms with Gasteiger partial charge in [0, 0.05) is 19.3 Å². The molecule has 0 bridgehead atoms. The maximum absolute atomic E-state index is 14.0. The normalized spacial score (nSPS) is 13.3. The van der Waals surface area contributed by atoms with Crippen LogP contribution in [0.15, 0.2) is 109 Å². The second-order valence-electron chi connectivity index (χ2n) is 12.0. The van der Waals surface area contributed by atoms with Crippen molar-refractivity contribution < 1.29 is 23.9 Å². The molecule has 0 saturated carbocycles. The zero-order chi connectivity index (χ0) is 35.2. The van der Waals surface area contributed by atoms with Crippen LogP contribution in [0, 0.1) is 6.92 Å². The molecule has 10 nitrogen and oxygen atoms in total. The Labute approximate surface area is 287 Å². The summed E-state index contributed by atoms with van der Waals surface area (Å²) in [5.41, 5.74) is 16.3. The number of primary amides is 1. The predicted molar refractivity (Wildman–Crippen MR) is 189 cm³/mol. The third-order valence-electron chi connectivity index (χ3n) is 8.08. The molecule has 10 heteroatoms. The van der Waals surface area contributed by atoms with E-state index in [1.165, 1.54) is 0 Å². The fourth-order valence-electron chi connectivity index (χ4n) is 5.36. The average molecular weight is 664 g/mol. The number of nitrogens with two attached hydrogens (primary N) is 2. The van der Waals surface area contributed by atoms with Crippen LogP contribution in [0.1, 0.15) is 34.7 Å². The van der Waals surface area contributed by atoms with E-state index in [1.54, 1.807) is 24.3 Å². The van der Waals surface area contributed by atoms with Gasteiger partial charge in [-0.15, -0.1) is 0 Å². The second-order valence-corrected chi connectivity index (χ2v) is 12.0. The van der Waals surface area contributed by atoms with Crippen LogP contribution in [0.2, 0.25) is 0 Å². The topological polar surface area (TPSA) is 166 Å². The number of hydrogen-bond acceptors (Lipinski definition) is 6. The lowest BCUT2D eigenvalue weighted by Gasteiger charge is -2.26. The number of carbonyl (C=O) groups is 4. The number of amides is 4. The molecule has 0 heterocycles. The molecule has 0 saturated heterocycles. The summed E-state index contributed by atoms with van der Waals surface area (Å²) >= 11 is 0.